The van der Waals surface area contributed by atoms with E-state index >= 15 is 0 Å². The molecule has 1 saturated carbocycles. The van der Waals surface area contributed by atoms with Gasteiger partial charge in [0.15, 0.2) is 5.75 Å². The van der Waals surface area contributed by atoms with Gasteiger partial charge >= 0.3 is 11.7 Å². The molecule has 0 bridgehead atoms. The fraction of sp³-hybridized carbons (Fsp3) is 0.483. The first kappa shape index (κ1) is 29.0. The Labute approximate surface area is 232 Å². The molecule has 1 aliphatic heterocycles. The SMILES string of the molecule is CCOC(=O)C1CC(C(=O)NCc2ccc(F)cc2)N(C(=O)C2CCCCC2)C1c1ccc(OC)c([N+](=O)[O-])c1. The molecule has 2 aromatic carbocycles. The van der Waals surface area contributed by atoms with Crippen molar-refractivity contribution in [2.75, 3.05) is 13.7 Å². The maximum Gasteiger partial charge on any atom is 0.311 e. The Kier molecular flexibility index (Phi) is 9.34. The highest BCUT2D eigenvalue weighted by Crippen LogP contribution is 2.45. The van der Waals surface area contributed by atoms with Gasteiger partial charge in [0.1, 0.15) is 11.9 Å². The first-order chi connectivity index (χ1) is 19.2. The van der Waals surface area contributed by atoms with Gasteiger partial charge in [-0.15, -0.1) is 0 Å². The molecule has 2 amide bonds. The van der Waals surface area contributed by atoms with Crippen LogP contribution in [0, 0.1) is 27.8 Å². The van der Waals surface area contributed by atoms with Crippen molar-refractivity contribution >= 4 is 23.5 Å². The Hall–Kier alpha value is -4.02. The van der Waals surface area contributed by atoms with Gasteiger partial charge < -0.3 is 19.7 Å². The summed E-state index contributed by atoms with van der Waals surface area (Å²) in [6, 6.07) is 8.05. The van der Waals surface area contributed by atoms with E-state index in [-0.39, 0.29) is 42.8 Å². The first-order valence-electron chi connectivity index (χ1n) is 13.6. The third kappa shape index (κ3) is 6.24. The Balaban J connectivity index is 1.74. The lowest BCUT2D eigenvalue weighted by atomic mass is 9.87. The summed E-state index contributed by atoms with van der Waals surface area (Å²) < 4.78 is 23.8. The number of hydrogen-bond acceptors (Lipinski definition) is 7. The average Bonchev–Trinajstić information content (AvgIpc) is 3.37. The van der Waals surface area contributed by atoms with Crippen LogP contribution in [0.4, 0.5) is 10.1 Å². The minimum atomic E-state index is -1.00. The molecule has 3 atom stereocenters. The van der Waals surface area contributed by atoms with E-state index in [0.717, 1.165) is 19.3 Å². The number of nitro groups is 1. The van der Waals surface area contributed by atoms with E-state index in [2.05, 4.69) is 5.32 Å². The predicted octanol–water partition coefficient (Wildman–Crippen LogP) is 4.46. The van der Waals surface area contributed by atoms with Gasteiger partial charge in [0.25, 0.3) is 0 Å². The molecule has 1 heterocycles. The molecule has 4 rings (SSSR count). The summed E-state index contributed by atoms with van der Waals surface area (Å²) in [7, 11) is 1.32. The lowest BCUT2D eigenvalue weighted by Crippen LogP contribution is -2.49. The van der Waals surface area contributed by atoms with E-state index in [1.54, 1.807) is 25.1 Å². The van der Waals surface area contributed by atoms with Crippen LogP contribution in [0.5, 0.6) is 5.75 Å². The first-order valence-corrected chi connectivity index (χ1v) is 13.6. The van der Waals surface area contributed by atoms with Crippen molar-refractivity contribution in [2.45, 2.75) is 64.1 Å². The van der Waals surface area contributed by atoms with Crippen LogP contribution < -0.4 is 10.1 Å². The molecule has 10 nitrogen and oxygen atoms in total. The van der Waals surface area contributed by atoms with Gasteiger partial charge in [-0.25, -0.2) is 4.39 Å². The number of nitro benzene ring substituents is 1. The molecule has 0 spiro atoms. The van der Waals surface area contributed by atoms with Crippen LogP contribution in [0.15, 0.2) is 42.5 Å². The third-order valence-electron chi connectivity index (χ3n) is 7.72. The fourth-order valence-electron chi connectivity index (χ4n) is 5.77. The molecule has 2 aromatic rings. The van der Waals surface area contributed by atoms with Crippen LogP contribution in [0.3, 0.4) is 0 Å². The van der Waals surface area contributed by atoms with Gasteiger partial charge in [0, 0.05) is 18.5 Å². The number of benzene rings is 2. The molecule has 2 aliphatic rings. The summed E-state index contributed by atoms with van der Waals surface area (Å²) in [5.41, 5.74) is 0.711. The molecule has 0 radical (unpaired) electrons. The number of likely N-dealkylation sites (tertiary alicyclic amines) is 1. The fourth-order valence-corrected chi connectivity index (χ4v) is 5.77. The van der Waals surface area contributed by atoms with Crippen LogP contribution in [-0.4, -0.2) is 47.4 Å². The van der Waals surface area contributed by atoms with E-state index in [9.17, 15) is 28.9 Å². The molecule has 11 heteroatoms. The minimum Gasteiger partial charge on any atom is -0.490 e. The van der Waals surface area contributed by atoms with Crippen molar-refractivity contribution in [3.63, 3.8) is 0 Å². The molecule has 1 saturated heterocycles. The molecule has 1 aliphatic carbocycles. The molecular formula is C29H34FN3O7. The number of hydrogen-bond donors (Lipinski definition) is 1. The van der Waals surface area contributed by atoms with E-state index in [4.69, 9.17) is 9.47 Å². The van der Waals surface area contributed by atoms with Crippen molar-refractivity contribution in [3.05, 3.63) is 69.5 Å². The molecular weight excluding hydrogens is 521 g/mol. The van der Waals surface area contributed by atoms with Crippen molar-refractivity contribution in [1.82, 2.24) is 10.2 Å². The van der Waals surface area contributed by atoms with Crippen LogP contribution in [-0.2, 0) is 25.7 Å². The van der Waals surface area contributed by atoms with E-state index < -0.39 is 40.6 Å². The second-order valence-electron chi connectivity index (χ2n) is 10.2. The van der Waals surface area contributed by atoms with Crippen molar-refractivity contribution in [2.24, 2.45) is 11.8 Å². The van der Waals surface area contributed by atoms with Crippen LogP contribution in [0.25, 0.3) is 0 Å². The second kappa shape index (κ2) is 12.9. The number of amides is 2. The molecule has 3 unspecified atom stereocenters. The normalized spacial score (nSPS) is 21.1. The van der Waals surface area contributed by atoms with E-state index in [0.29, 0.717) is 24.0 Å². The van der Waals surface area contributed by atoms with Gasteiger partial charge in [-0.3, -0.25) is 24.5 Å². The Bertz CT molecular complexity index is 1250. The molecule has 1 N–H and O–H groups in total. The summed E-state index contributed by atoms with van der Waals surface area (Å²) >= 11 is 0. The highest BCUT2D eigenvalue weighted by Gasteiger charge is 2.52. The Morgan fingerprint density at radius 2 is 1.80 bits per heavy atom. The largest absolute Gasteiger partial charge is 0.490 e. The average molecular weight is 556 g/mol. The number of nitrogens with zero attached hydrogens (tertiary/aromatic N) is 2. The highest BCUT2D eigenvalue weighted by atomic mass is 19.1. The van der Waals surface area contributed by atoms with Gasteiger partial charge in [-0.2, -0.15) is 0 Å². The van der Waals surface area contributed by atoms with Gasteiger partial charge in [-0.1, -0.05) is 37.5 Å². The standard InChI is InChI=1S/C29H34FN3O7/c1-3-40-29(36)22-16-24(27(34)31-17-18-9-12-21(30)13-10-18)32(28(35)19-7-5-4-6-8-19)26(22)20-11-14-25(39-2)23(15-20)33(37)38/h9-15,19,22,24,26H,3-8,16-17H2,1-2H3,(H,31,34). The van der Waals surface area contributed by atoms with Gasteiger partial charge in [0.05, 0.1) is 30.6 Å². The van der Waals surface area contributed by atoms with Crippen LogP contribution in [0.1, 0.15) is 62.6 Å². The summed E-state index contributed by atoms with van der Waals surface area (Å²) in [5, 5.41) is 14.6. The maximum absolute atomic E-state index is 14.1. The zero-order chi connectivity index (χ0) is 28.8. The summed E-state index contributed by atoms with van der Waals surface area (Å²) in [6.45, 7) is 1.87. The number of halogens is 1. The number of carbonyl (C=O) groups excluding carboxylic acids is 3. The Morgan fingerprint density at radius 3 is 2.42 bits per heavy atom. The van der Waals surface area contributed by atoms with Crippen molar-refractivity contribution < 1.29 is 33.2 Å². The number of rotatable bonds is 9. The topological polar surface area (TPSA) is 128 Å². The predicted molar refractivity (Wildman–Crippen MR) is 143 cm³/mol. The zero-order valence-corrected chi connectivity index (χ0v) is 22.6. The smallest absolute Gasteiger partial charge is 0.311 e. The summed E-state index contributed by atoms with van der Waals surface area (Å²) in [6.07, 6.45) is 4.11. The van der Waals surface area contributed by atoms with Gasteiger partial charge in [-0.05, 0) is 55.5 Å². The van der Waals surface area contributed by atoms with E-state index in [1.165, 1.54) is 36.3 Å². The zero-order valence-electron chi connectivity index (χ0n) is 22.6. The lowest BCUT2D eigenvalue weighted by Gasteiger charge is -2.35. The molecule has 0 aromatic heterocycles. The van der Waals surface area contributed by atoms with Crippen molar-refractivity contribution in [3.8, 4) is 5.75 Å². The number of methoxy groups -OCH3 is 1. The molecule has 214 valence electrons. The maximum atomic E-state index is 14.1. The quantitative estimate of drug-likeness (QED) is 0.275. The summed E-state index contributed by atoms with van der Waals surface area (Å²) in [4.78, 5) is 53.6. The van der Waals surface area contributed by atoms with E-state index in [1.807, 2.05) is 0 Å². The van der Waals surface area contributed by atoms with Crippen LogP contribution >= 0.6 is 0 Å². The third-order valence-corrected chi connectivity index (χ3v) is 7.72. The number of esters is 1. The molecule has 2 fully saturated rings. The molecule has 40 heavy (non-hydrogen) atoms. The number of ether oxygens (including phenoxy) is 2. The lowest BCUT2D eigenvalue weighted by molar-refractivity contribution is -0.385. The van der Waals surface area contributed by atoms with Crippen molar-refractivity contribution in [1.29, 1.82) is 0 Å². The monoisotopic (exact) mass is 555 g/mol. The highest BCUT2D eigenvalue weighted by molar-refractivity contribution is 5.91. The Morgan fingerprint density at radius 1 is 1.10 bits per heavy atom. The van der Waals surface area contributed by atoms with Crippen LogP contribution in [0.2, 0.25) is 0 Å². The number of carbonyl (C=O) groups is 3. The minimum absolute atomic E-state index is 0.00294. The summed E-state index contributed by atoms with van der Waals surface area (Å²) in [5.74, 6) is -2.90. The van der Waals surface area contributed by atoms with Gasteiger partial charge in [0.2, 0.25) is 11.8 Å². The number of nitrogens with one attached hydrogen (secondary N) is 1. The second-order valence-corrected chi connectivity index (χ2v) is 10.2.